The van der Waals surface area contributed by atoms with Gasteiger partial charge in [-0.25, -0.2) is 8.42 Å². The predicted octanol–water partition coefficient (Wildman–Crippen LogP) is 3.73. The third kappa shape index (κ3) is 2.06. The van der Waals surface area contributed by atoms with Crippen LogP contribution in [-0.4, -0.2) is 19.3 Å². The molecular formula is C19H13NO3S. The number of sulfone groups is 1. The van der Waals surface area contributed by atoms with Crippen LogP contribution >= 0.6 is 0 Å². The van der Waals surface area contributed by atoms with Crippen LogP contribution in [-0.2, 0) is 9.84 Å². The lowest BCUT2D eigenvalue weighted by Crippen LogP contribution is -2.04. The summed E-state index contributed by atoms with van der Waals surface area (Å²) in [5, 5.41) is 12.8. The van der Waals surface area contributed by atoms with Crippen molar-refractivity contribution in [2.24, 2.45) is 5.16 Å². The van der Waals surface area contributed by atoms with Crippen LogP contribution in [0.2, 0.25) is 0 Å². The Balaban J connectivity index is 1.91. The van der Waals surface area contributed by atoms with Gasteiger partial charge >= 0.3 is 0 Å². The van der Waals surface area contributed by atoms with Gasteiger partial charge in [0.15, 0.2) is 0 Å². The Bertz CT molecular complexity index is 1070. The van der Waals surface area contributed by atoms with Gasteiger partial charge in [0.25, 0.3) is 0 Å². The lowest BCUT2D eigenvalue weighted by Gasteiger charge is -2.07. The van der Waals surface area contributed by atoms with Crippen LogP contribution in [0.15, 0.2) is 87.7 Å². The van der Waals surface area contributed by atoms with E-state index in [0.29, 0.717) is 11.3 Å². The molecule has 1 N–H and O–H groups in total. The van der Waals surface area contributed by atoms with Crippen molar-refractivity contribution >= 4 is 15.5 Å². The van der Waals surface area contributed by atoms with Crippen LogP contribution in [0.3, 0.4) is 0 Å². The van der Waals surface area contributed by atoms with Crippen molar-refractivity contribution in [2.45, 2.75) is 9.79 Å². The van der Waals surface area contributed by atoms with E-state index in [1.807, 2.05) is 24.3 Å². The van der Waals surface area contributed by atoms with E-state index in [4.69, 9.17) is 0 Å². The summed E-state index contributed by atoms with van der Waals surface area (Å²) in [6, 6.07) is 20.8. The van der Waals surface area contributed by atoms with Gasteiger partial charge in [0.1, 0.15) is 5.71 Å². The van der Waals surface area contributed by atoms with E-state index in [1.54, 1.807) is 48.5 Å². The number of fused-ring (bicyclic) bond motifs is 3. The maximum Gasteiger partial charge on any atom is 0.206 e. The number of hydrogen-bond acceptors (Lipinski definition) is 4. The first-order valence-electron chi connectivity index (χ1n) is 7.39. The summed E-state index contributed by atoms with van der Waals surface area (Å²) in [6.45, 7) is 0. The molecule has 0 aromatic heterocycles. The van der Waals surface area contributed by atoms with Gasteiger partial charge in [0.05, 0.1) is 9.79 Å². The van der Waals surface area contributed by atoms with E-state index in [0.717, 1.165) is 16.7 Å². The Morgan fingerprint density at radius 3 is 2.00 bits per heavy atom. The molecule has 5 heteroatoms. The molecule has 0 fully saturated rings. The Morgan fingerprint density at radius 2 is 1.29 bits per heavy atom. The van der Waals surface area contributed by atoms with Crippen LogP contribution < -0.4 is 0 Å². The zero-order valence-electron chi connectivity index (χ0n) is 12.5. The summed E-state index contributed by atoms with van der Waals surface area (Å²) < 4.78 is 25.6. The number of rotatable bonds is 2. The van der Waals surface area contributed by atoms with Gasteiger partial charge in [-0.15, -0.1) is 0 Å². The number of oxime groups is 1. The molecule has 0 heterocycles. The summed E-state index contributed by atoms with van der Waals surface area (Å²) in [6.07, 6.45) is 0. The first-order valence-corrected chi connectivity index (χ1v) is 8.87. The zero-order valence-corrected chi connectivity index (χ0v) is 13.4. The molecule has 3 aromatic carbocycles. The molecule has 24 heavy (non-hydrogen) atoms. The number of benzene rings is 3. The van der Waals surface area contributed by atoms with Crippen molar-refractivity contribution < 1.29 is 13.6 Å². The molecule has 1 aliphatic carbocycles. The Hall–Kier alpha value is -2.92. The average Bonchev–Trinajstić information content (AvgIpc) is 2.95. The number of nitrogens with zero attached hydrogens (tertiary/aromatic N) is 1. The second-order valence-electron chi connectivity index (χ2n) is 5.52. The normalized spacial score (nSPS) is 14.4. The highest BCUT2D eigenvalue weighted by atomic mass is 32.2. The minimum Gasteiger partial charge on any atom is -0.410 e. The summed E-state index contributed by atoms with van der Waals surface area (Å²) in [5.74, 6) is 0. The van der Waals surface area contributed by atoms with Gasteiger partial charge in [-0.3, -0.25) is 0 Å². The molecular weight excluding hydrogens is 322 g/mol. The van der Waals surface area contributed by atoms with Crippen molar-refractivity contribution in [3.8, 4) is 11.1 Å². The molecule has 0 amide bonds. The maximum atomic E-state index is 12.8. The van der Waals surface area contributed by atoms with Gasteiger partial charge in [-0.2, -0.15) is 0 Å². The molecule has 0 aliphatic heterocycles. The van der Waals surface area contributed by atoms with E-state index >= 15 is 0 Å². The third-order valence-electron chi connectivity index (χ3n) is 4.18. The lowest BCUT2D eigenvalue weighted by atomic mass is 10.1. The van der Waals surface area contributed by atoms with E-state index in [-0.39, 0.29) is 9.79 Å². The molecule has 4 nitrogen and oxygen atoms in total. The molecule has 0 saturated heterocycles. The van der Waals surface area contributed by atoms with Gasteiger partial charge < -0.3 is 5.21 Å². The highest BCUT2D eigenvalue weighted by molar-refractivity contribution is 7.91. The van der Waals surface area contributed by atoms with Crippen LogP contribution in [0.4, 0.5) is 0 Å². The Labute approximate surface area is 139 Å². The smallest absolute Gasteiger partial charge is 0.206 e. The first-order chi connectivity index (χ1) is 11.6. The molecule has 4 rings (SSSR count). The summed E-state index contributed by atoms with van der Waals surface area (Å²) in [4.78, 5) is 0.421. The molecule has 0 saturated carbocycles. The summed E-state index contributed by atoms with van der Waals surface area (Å²) in [5.41, 5.74) is 3.61. The zero-order chi connectivity index (χ0) is 16.7. The van der Waals surface area contributed by atoms with Crippen molar-refractivity contribution in [3.63, 3.8) is 0 Å². The molecule has 0 radical (unpaired) electrons. The van der Waals surface area contributed by atoms with Gasteiger partial charge in [-0.05, 0) is 35.4 Å². The van der Waals surface area contributed by atoms with Crippen LogP contribution in [0, 0.1) is 0 Å². The maximum absolute atomic E-state index is 12.8. The standard InChI is InChI=1S/C19H13NO3S/c21-20-19-17-9-5-4-8-15(17)16-11-10-14(12-18(16)19)24(22,23)13-6-2-1-3-7-13/h1-12,21H/b20-19+. The van der Waals surface area contributed by atoms with E-state index < -0.39 is 9.84 Å². The fraction of sp³-hybridized carbons (Fsp3) is 0. The Kier molecular flexibility index (Phi) is 3.25. The minimum absolute atomic E-state index is 0.182. The van der Waals surface area contributed by atoms with Crippen molar-refractivity contribution in [1.82, 2.24) is 0 Å². The quantitative estimate of drug-likeness (QED) is 0.448. The van der Waals surface area contributed by atoms with Crippen molar-refractivity contribution in [3.05, 3.63) is 83.9 Å². The van der Waals surface area contributed by atoms with Gasteiger partial charge in [0, 0.05) is 11.1 Å². The Morgan fingerprint density at radius 1 is 0.667 bits per heavy atom. The minimum atomic E-state index is -3.62. The molecule has 1 aliphatic rings. The molecule has 118 valence electrons. The van der Waals surface area contributed by atoms with E-state index in [2.05, 4.69) is 5.16 Å². The predicted molar refractivity (Wildman–Crippen MR) is 91.2 cm³/mol. The molecule has 0 atom stereocenters. The summed E-state index contributed by atoms with van der Waals surface area (Å²) >= 11 is 0. The average molecular weight is 335 g/mol. The molecule has 0 spiro atoms. The van der Waals surface area contributed by atoms with E-state index in [1.165, 1.54) is 0 Å². The second-order valence-corrected chi connectivity index (χ2v) is 7.47. The SMILES string of the molecule is O=S(=O)(c1ccccc1)c1ccc2c(c1)/C(=N/O)c1ccccc1-2. The van der Waals surface area contributed by atoms with Gasteiger partial charge in [0.2, 0.25) is 9.84 Å². The highest BCUT2D eigenvalue weighted by Crippen LogP contribution is 2.38. The van der Waals surface area contributed by atoms with Crippen molar-refractivity contribution in [1.29, 1.82) is 0 Å². The largest absolute Gasteiger partial charge is 0.410 e. The number of hydrogen-bond donors (Lipinski definition) is 1. The van der Waals surface area contributed by atoms with Crippen LogP contribution in [0.1, 0.15) is 11.1 Å². The van der Waals surface area contributed by atoms with Crippen LogP contribution in [0.25, 0.3) is 11.1 Å². The molecule has 0 bridgehead atoms. The summed E-state index contributed by atoms with van der Waals surface area (Å²) in [7, 11) is -3.62. The highest BCUT2D eigenvalue weighted by Gasteiger charge is 2.27. The molecule has 0 unspecified atom stereocenters. The molecule has 3 aromatic rings. The van der Waals surface area contributed by atoms with E-state index in [9.17, 15) is 13.6 Å². The fourth-order valence-corrected chi connectivity index (χ4v) is 4.34. The van der Waals surface area contributed by atoms with Gasteiger partial charge in [-0.1, -0.05) is 53.7 Å². The van der Waals surface area contributed by atoms with Crippen molar-refractivity contribution in [2.75, 3.05) is 0 Å². The lowest BCUT2D eigenvalue weighted by molar-refractivity contribution is 0.320. The fourth-order valence-electron chi connectivity index (χ4n) is 3.03. The second kappa shape index (κ2) is 5.32. The van der Waals surface area contributed by atoms with Crippen LogP contribution in [0.5, 0.6) is 0 Å². The topological polar surface area (TPSA) is 66.7 Å². The first kappa shape index (κ1) is 14.7. The monoisotopic (exact) mass is 335 g/mol. The third-order valence-corrected chi connectivity index (χ3v) is 5.95.